The summed E-state index contributed by atoms with van der Waals surface area (Å²) in [6.45, 7) is 5.19. The molecule has 0 aromatic heterocycles. The van der Waals surface area contributed by atoms with Crippen LogP contribution in [-0.4, -0.2) is 42.9 Å². The lowest BCUT2D eigenvalue weighted by molar-refractivity contribution is -0.144. The number of hydrogen-bond donors (Lipinski definition) is 3. The minimum Gasteiger partial charge on any atom is -0.480 e. The van der Waals surface area contributed by atoms with Crippen molar-refractivity contribution < 1.29 is 19.4 Å². The SMILES string of the molecule is COCCC(C)(C)CNC(=O)NC1(C(=O)O)CCCC1. The Morgan fingerprint density at radius 2 is 1.90 bits per heavy atom. The van der Waals surface area contributed by atoms with Gasteiger partial charge in [0.25, 0.3) is 0 Å². The number of carboxylic acid groups (broad SMARTS) is 1. The summed E-state index contributed by atoms with van der Waals surface area (Å²) >= 11 is 0. The predicted molar refractivity (Wildman–Crippen MR) is 75.6 cm³/mol. The monoisotopic (exact) mass is 286 g/mol. The number of methoxy groups -OCH3 is 1. The van der Waals surface area contributed by atoms with Gasteiger partial charge in [-0.05, 0) is 24.7 Å². The minimum absolute atomic E-state index is 0.0839. The van der Waals surface area contributed by atoms with Crippen molar-refractivity contribution in [3.05, 3.63) is 0 Å². The Hall–Kier alpha value is -1.30. The first kappa shape index (κ1) is 16.8. The number of carbonyl (C=O) groups excluding carboxylic acids is 1. The zero-order chi connectivity index (χ0) is 15.2. The van der Waals surface area contributed by atoms with Crippen LogP contribution in [0, 0.1) is 5.41 Å². The summed E-state index contributed by atoms with van der Waals surface area (Å²) in [5.74, 6) is -0.941. The van der Waals surface area contributed by atoms with Crippen molar-refractivity contribution in [3.63, 3.8) is 0 Å². The quantitative estimate of drug-likeness (QED) is 0.665. The average molecular weight is 286 g/mol. The van der Waals surface area contributed by atoms with Crippen molar-refractivity contribution in [1.29, 1.82) is 0 Å². The molecule has 20 heavy (non-hydrogen) atoms. The standard InChI is InChI=1S/C14H26N2O4/c1-13(2,8-9-20-3)10-15-12(19)16-14(11(17)18)6-4-5-7-14/h4-10H2,1-3H3,(H,17,18)(H2,15,16,19). The molecule has 0 spiro atoms. The maximum atomic E-state index is 11.9. The van der Waals surface area contributed by atoms with Crippen molar-refractivity contribution in [3.8, 4) is 0 Å². The Bertz CT molecular complexity index is 349. The number of aliphatic carboxylic acids is 1. The van der Waals surface area contributed by atoms with E-state index in [-0.39, 0.29) is 5.41 Å². The number of hydrogen-bond acceptors (Lipinski definition) is 3. The number of carboxylic acids is 1. The highest BCUT2D eigenvalue weighted by molar-refractivity contribution is 5.86. The third-order valence-corrected chi connectivity index (χ3v) is 3.93. The van der Waals surface area contributed by atoms with Crippen LogP contribution < -0.4 is 10.6 Å². The van der Waals surface area contributed by atoms with E-state index in [1.54, 1.807) is 7.11 Å². The molecule has 0 aromatic carbocycles. The number of ether oxygens (including phenoxy) is 1. The smallest absolute Gasteiger partial charge is 0.329 e. The topological polar surface area (TPSA) is 87.7 Å². The highest BCUT2D eigenvalue weighted by Crippen LogP contribution is 2.29. The molecule has 6 heteroatoms. The number of rotatable bonds is 7. The van der Waals surface area contributed by atoms with E-state index in [0.29, 0.717) is 26.0 Å². The Labute approximate surface area is 120 Å². The van der Waals surface area contributed by atoms with Crippen LogP contribution in [-0.2, 0) is 9.53 Å². The van der Waals surface area contributed by atoms with Crippen LogP contribution in [0.25, 0.3) is 0 Å². The van der Waals surface area contributed by atoms with Gasteiger partial charge in [0.1, 0.15) is 5.54 Å². The fourth-order valence-electron chi connectivity index (χ4n) is 2.42. The van der Waals surface area contributed by atoms with Gasteiger partial charge in [-0.1, -0.05) is 26.7 Å². The van der Waals surface area contributed by atoms with Gasteiger partial charge in [0, 0.05) is 20.3 Å². The molecule has 1 rings (SSSR count). The van der Waals surface area contributed by atoms with E-state index >= 15 is 0 Å². The maximum absolute atomic E-state index is 11.9. The number of amides is 2. The van der Waals surface area contributed by atoms with E-state index < -0.39 is 17.5 Å². The lowest BCUT2D eigenvalue weighted by atomic mass is 9.90. The Balaban J connectivity index is 2.45. The minimum atomic E-state index is -1.08. The molecule has 0 unspecified atom stereocenters. The molecule has 0 aromatic rings. The Morgan fingerprint density at radius 3 is 2.40 bits per heavy atom. The highest BCUT2D eigenvalue weighted by atomic mass is 16.5. The average Bonchev–Trinajstić information content (AvgIpc) is 2.84. The third-order valence-electron chi connectivity index (χ3n) is 3.93. The van der Waals surface area contributed by atoms with E-state index in [2.05, 4.69) is 10.6 Å². The fraction of sp³-hybridized carbons (Fsp3) is 0.857. The lowest BCUT2D eigenvalue weighted by Gasteiger charge is -2.28. The van der Waals surface area contributed by atoms with Gasteiger partial charge < -0.3 is 20.5 Å². The summed E-state index contributed by atoms with van der Waals surface area (Å²) in [5, 5.41) is 14.7. The molecule has 0 atom stereocenters. The predicted octanol–water partition coefficient (Wildman–Crippen LogP) is 1.75. The second kappa shape index (κ2) is 6.92. The van der Waals surface area contributed by atoms with Gasteiger partial charge in [-0.25, -0.2) is 9.59 Å². The Kier molecular flexibility index (Phi) is 5.80. The highest BCUT2D eigenvalue weighted by Gasteiger charge is 2.42. The second-order valence-corrected chi connectivity index (χ2v) is 6.31. The van der Waals surface area contributed by atoms with Gasteiger partial charge >= 0.3 is 12.0 Å². The molecule has 1 fully saturated rings. The normalized spacial score (nSPS) is 17.8. The molecule has 0 bridgehead atoms. The van der Waals surface area contributed by atoms with E-state index in [1.807, 2.05) is 13.8 Å². The van der Waals surface area contributed by atoms with Gasteiger partial charge in [-0.3, -0.25) is 0 Å². The van der Waals surface area contributed by atoms with Gasteiger partial charge in [-0.15, -0.1) is 0 Å². The van der Waals surface area contributed by atoms with Crippen LogP contribution in [0.15, 0.2) is 0 Å². The van der Waals surface area contributed by atoms with Crippen molar-refractivity contribution in [2.75, 3.05) is 20.3 Å². The van der Waals surface area contributed by atoms with Crippen LogP contribution in [0.3, 0.4) is 0 Å². The van der Waals surface area contributed by atoms with E-state index in [0.717, 1.165) is 19.3 Å². The molecule has 1 saturated carbocycles. The maximum Gasteiger partial charge on any atom is 0.329 e. The fourth-order valence-corrected chi connectivity index (χ4v) is 2.42. The van der Waals surface area contributed by atoms with E-state index in [4.69, 9.17) is 4.74 Å². The lowest BCUT2D eigenvalue weighted by Crippen LogP contribution is -2.56. The summed E-state index contributed by atoms with van der Waals surface area (Å²) < 4.78 is 5.03. The number of nitrogens with one attached hydrogen (secondary N) is 2. The van der Waals surface area contributed by atoms with Crippen molar-refractivity contribution in [1.82, 2.24) is 10.6 Å². The number of urea groups is 1. The van der Waals surface area contributed by atoms with Gasteiger partial charge in [0.2, 0.25) is 0 Å². The Morgan fingerprint density at radius 1 is 1.30 bits per heavy atom. The van der Waals surface area contributed by atoms with Crippen LogP contribution in [0.1, 0.15) is 46.0 Å². The molecule has 0 saturated heterocycles. The zero-order valence-corrected chi connectivity index (χ0v) is 12.6. The van der Waals surface area contributed by atoms with Crippen molar-refractivity contribution in [2.24, 2.45) is 5.41 Å². The molecule has 1 aliphatic rings. The molecule has 6 nitrogen and oxygen atoms in total. The molecular formula is C14H26N2O4. The van der Waals surface area contributed by atoms with Gasteiger partial charge in [0.15, 0.2) is 0 Å². The molecule has 0 heterocycles. The summed E-state index contributed by atoms with van der Waals surface area (Å²) in [4.78, 5) is 23.3. The first-order valence-electron chi connectivity index (χ1n) is 7.10. The van der Waals surface area contributed by atoms with Crippen LogP contribution >= 0.6 is 0 Å². The van der Waals surface area contributed by atoms with Gasteiger partial charge in [0.05, 0.1) is 0 Å². The van der Waals surface area contributed by atoms with Crippen LogP contribution in [0.2, 0.25) is 0 Å². The molecule has 1 aliphatic carbocycles. The summed E-state index contributed by atoms with van der Waals surface area (Å²) in [6, 6.07) is -0.403. The first-order valence-corrected chi connectivity index (χ1v) is 7.10. The zero-order valence-electron chi connectivity index (χ0n) is 12.6. The summed E-state index contributed by atoms with van der Waals surface area (Å²) in [5.41, 5.74) is -1.17. The van der Waals surface area contributed by atoms with Crippen molar-refractivity contribution >= 4 is 12.0 Å². The second-order valence-electron chi connectivity index (χ2n) is 6.31. The molecule has 2 amide bonds. The van der Waals surface area contributed by atoms with Crippen LogP contribution in [0.5, 0.6) is 0 Å². The molecule has 0 aliphatic heterocycles. The molecular weight excluding hydrogens is 260 g/mol. The summed E-state index contributed by atoms with van der Waals surface area (Å²) in [7, 11) is 1.65. The molecule has 0 radical (unpaired) electrons. The van der Waals surface area contributed by atoms with Crippen LogP contribution in [0.4, 0.5) is 4.79 Å². The van der Waals surface area contributed by atoms with Gasteiger partial charge in [-0.2, -0.15) is 0 Å². The number of carbonyl (C=O) groups is 2. The summed E-state index contributed by atoms with van der Waals surface area (Å²) in [6.07, 6.45) is 3.51. The third kappa shape index (κ3) is 4.67. The first-order chi connectivity index (χ1) is 9.31. The molecule has 116 valence electrons. The van der Waals surface area contributed by atoms with Crippen molar-refractivity contribution in [2.45, 2.75) is 51.5 Å². The molecule has 3 N–H and O–H groups in total. The van der Waals surface area contributed by atoms with E-state index in [1.165, 1.54) is 0 Å². The largest absolute Gasteiger partial charge is 0.480 e. The van der Waals surface area contributed by atoms with E-state index in [9.17, 15) is 14.7 Å².